The van der Waals surface area contributed by atoms with Crippen molar-refractivity contribution in [3.8, 4) is 0 Å². The summed E-state index contributed by atoms with van der Waals surface area (Å²) in [5, 5.41) is 0. The summed E-state index contributed by atoms with van der Waals surface area (Å²) in [6.07, 6.45) is 3.42. The quantitative estimate of drug-likeness (QED) is 0.723. The van der Waals surface area contributed by atoms with Crippen molar-refractivity contribution < 1.29 is 4.21 Å². The van der Waals surface area contributed by atoms with E-state index in [1.807, 2.05) is 28.8 Å². The van der Waals surface area contributed by atoms with Gasteiger partial charge in [0, 0.05) is 17.1 Å². The summed E-state index contributed by atoms with van der Waals surface area (Å²) in [5.41, 5.74) is 1.99. The van der Waals surface area contributed by atoms with Crippen molar-refractivity contribution in [3.63, 3.8) is 0 Å². The fourth-order valence-electron chi connectivity index (χ4n) is 1.31. The van der Waals surface area contributed by atoms with E-state index < -0.39 is 10.8 Å². The van der Waals surface area contributed by atoms with Gasteiger partial charge in [-0.3, -0.25) is 4.21 Å². The molecule has 1 atom stereocenters. The number of benzene rings is 1. The highest BCUT2D eigenvalue weighted by molar-refractivity contribution is 7.83. The maximum atomic E-state index is 11.0. The van der Waals surface area contributed by atoms with Gasteiger partial charge in [-0.05, 0) is 12.1 Å². The van der Waals surface area contributed by atoms with Crippen molar-refractivity contribution in [2.45, 2.75) is 5.88 Å². The zero-order chi connectivity index (χ0) is 9.26. The minimum atomic E-state index is -0.828. The molecule has 0 aliphatic heterocycles. The fourth-order valence-corrected chi connectivity index (χ4v) is 1.91. The van der Waals surface area contributed by atoms with Crippen LogP contribution in [-0.2, 0) is 16.7 Å². The second-order valence-corrected chi connectivity index (χ2v) is 4.31. The SMILES string of the molecule is CS(=O)Cn1cnc2ccccc21. The molecule has 0 saturated heterocycles. The van der Waals surface area contributed by atoms with Crippen LogP contribution in [0.2, 0.25) is 0 Å². The molecule has 13 heavy (non-hydrogen) atoms. The number of fused-ring (bicyclic) bond motifs is 1. The standard InChI is InChI=1S/C9H10N2OS/c1-13(12)7-11-6-10-8-4-2-3-5-9(8)11/h2-6H,7H2,1H3. The maximum Gasteiger partial charge on any atom is 0.0993 e. The normalized spacial score (nSPS) is 13.3. The Labute approximate surface area is 78.9 Å². The van der Waals surface area contributed by atoms with Gasteiger partial charge >= 0.3 is 0 Å². The molecule has 2 aromatic rings. The van der Waals surface area contributed by atoms with E-state index in [1.165, 1.54) is 0 Å². The Morgan fingerprint density at radius 3 is 3.00 bits per heavy atom. The molecule has 0 bridgehead atoms. The highest BCUT2D eigenvalue weighted by atomic mass is 32.2. The summed E-state index contributed by atoms with van der Waals surface area (Å²) < 4.78 is 12.9. The first kappa shape index (κ1) is 8.44. The monoisotopic (exact) mass is 194 g/mol. The van der Waals surface area contributed by atoms with Gasteiger partial charge in [0.15, 0.2) is 0 Å². The molecule has 0 amide bonds. The van der Waals surface area contributed by atoms with Crippen LogP contribution in [0.1, 0.15) is 0 Å². The summed E-state index contributed by atoms with van der Waals surface area (Å²) in [6, 6.07) is 7.83. The van der Waals surface area contributed by atoms with E-state index in [4.69, 9.17) is 0 Å². The van der Waals surface area contributed by atoms with Gasteiger partial charge in [-0.25, -0.2) is 4.98 Å². The number of rotatable bonds is 2. The lowest BCUT2D eigenvalue weighted by molar-refractivity contribution is 0.678. The molecule has 68 valence electrons. The molecule has 0 spiro atoms. The number of nitrogens with zero attached hydrogens (tertiary/aromatic N) is 2. The molecule has 0 aliphatic carbocycles. The first-order chi connectivity index (χ1) is 6.27. The first-order valence-electron chi connectivity index (χ1n) is 3.97. The van der Waals surface area contributed by atoms with E-state index >= 15 is 0 Å². The van der Waals surface area contributed by atoms with Crippen LogP contribution in [0.3, 0.4) is 0 Å². The summed E-state index contributed by atoms with van der Waals surface area (Å²) in [5.74, 6) is 0.514. The van der Waals surface area contributed by atoms with Gasteiger partial charge < -0.3 is 4.57 Å². The van der Waals surface area contributed by atoms with Crippen molar-refractivity contribution in [2.24, 2.45) is 0 Å². The number of aromatic nitrogens is 2. The van der Waals surface area contributed by atoms with Gasteiger partial charge in [0.2, 0.25) is 0 Å². The lowest BCUT2D eigenvalue weighted by atomic mass is 10.3. The van der Waals surface area contributed by atoms with Gasteiger partial charge in [0.1, 0.15) is 0 Å². The highest BCUT2D eigenvalue weighted by Gasteiger charge is 2.01. The molecule has 0 radical (unpaired) electrons. The van der Waals surface area contributed by atoms with E-state index in [1.54, 1.807) is 12.6 Å². The van der Waals surface area contributed by atoms with E-state index in [2.05, 4.69) is 4.98 Å². The van der Waals surface area contributed by atoms with Crippen LogP contribution >= 0.6 is 0 Å². The number of hydrogen-bond donors (Lipinski definition) is 0. The third kappa shape index (κ3) is 1.62. The molecule has 0 aliphatic rings. The van der Waals surface area contributed by atoms with E-state index in [0.717, 1.165) is 11.0 Å². The summed E-state index contributed by atoms with van der Waals surface area (Å²) >= 11 is 0. The van der Waals surface area contributed by atoms with Crippen LogP contribution in [0.25, 0.3) is 11.0 Å². The number of hydrogen-bond acceptors (Lipinski definition) is 2. The smallest absolute Gasteiger partial charge is 0.0993 e. The highest BCUT2D eigenvalue weighted by Crippen LogP contribution is 2.11. The zero-order valence-corrected chi connectivity index (χ0v) is 8.12. The summed E-state index contributed by atoms with van der Waals surface area (Å²) in [7, 11) is -0.828. The van der Waals surface area contributed by atoms with Crippen LogP contribution in [0, 0.1) is 0 Å². The third-order valence-electron chi connectivity index (χ3n) is 1.85. The summed E-state index contributed by atoms with van der Waals surface area (Å²) in [4.78, 5) is 4.20. The Kier molecular flexibility index (Phi) is 2.14. The molecule has 0 fully saturated rings. The largest absolute Gasteiger partial charge is 0.318 e. The van der Waals surface area contributed by atoms with Crippen molar-refractivity contribution in [2.75, 3.05) is 6.26 Å². The molecule has 1 aromatic heterocycles. The Morgan fingerprint density at radius 1 is 1.46 bits per heavy atom. The number of imidazole rings is 1. The van der Waals surface area contributed by atoms with Gasteiger partial charge in [0.25, 0.3) is 0 Å². The molecule has 1 heterocycles. The van der Waals surface area contributed by atoms with Crippen molar-refractivity contribution in [1.82, 2.24) is 9.55 Å². The second kappa shape index (κ2) is 3.30. The van der Waals surface area contributed by atoms with Gasteiger partial charge in [-0.15, -0.1) is 0 Å². The van der Waals surface area contributed by atoms with Crippen molar-refractivity contribution in [1.29, 1.82) is 0 Å². The Balaban J connectivity index is 2.51. The zero-order valence-electron chi connectivity index (χ0n) is 7.30. The van der Waals surface area contributed by atoms with Crippen LogP contribution in [0.5, 0.6) is 0 Å². The molecule has 0 N–H and O–H groups in total. The summed E-state index contributed by atoms with van der Waals surface area (Å²) in [6.45, 7) is 0. The Morgan fingerprint density at radius 2 is 2.23 bits per heavy atom. The van der Waals surface area contributed by atoms with Gasteiger partial charge in [-0.1, -0.05) is 12.1 Å². The minimum Gasteiger partial charge on any atom is -0.318 e. The van der Waals surface area contributed by atoms with Crippen LogP contribution in [-0.4, -0.2) is 20.0 Å². The first-order valence-corrected chi connectivity index (χ1v) is 5.70. The van der Waals surface area contributed by atoms with Gasteiger partial charge in [-0.2, -0.15) is 0 Å². The second-order valence-electron chi connectivity index (χ2n) is 2.91. The number of para-hydroxylation sites is 2. The topological polar surface area (TPSA) is 34.9 Å². The third-order valence-corrected chi connectivity index (χ3v) is 2.49. The maximum absolute atomic E-state index is 11.0. The Hall–Kier alpha value is -1.16. The molecule has 1 aromatic carbocycles. The van der Waals surface area contributed by atoms with Crippen LogP contribution in [0.15, 0.2) is 30.6 Å². The average molecular weight is 194 g/mol. The Bertz CT molecular complexity index is 450. The molecule has 2 rings (SSSR count). The predicted octanol–water partition coefficient (Wildman–Crippen LogP) is 1.37. The molecular weight excluding hydrogens is 184 g/mol. The molecular formula is C9H10N2OS. The molecule has 1 unspecified atom stereocenters. The average Bonchev–Trinajstić information content (AvgIpc) is 2.48. The predicted molar refractivity (Wildman–Crippen MR) is 53.8 cm³/mol. The lowest BCUT2D eigenvalue weighted by Gasteiger charge is -1.99. The van der Waals surface area contributed by atoms with Crippen molar-refractivity contribution in [3.05, 3.63) is 30.6 Å². The minimum absolute atomic E-state index is 0.514. The van der Waals surface area contributed by atoms with Crippen molar-refractivity contribution >= 4 is 21.8 Å². The molecule has 0 saturated carbocycles. The van der Waals surface area contributed by atoms with E-state index in [-0.39, 0.29) is 0 Å². The van der Waals surface area contributed by atoms with E-state index in [0.29, 0.717) is 5.88 Å². The molecule has 3 nitrogen and oxygen atoms in total. The van der Waals surface area contributed by atoms with Gasteiger partial charge in [0.05, 0.1) is 23.2 Å². The fraction of sp³-hybridized carbons (Fsp3) is 0.222. The van der Waals surface area contributed by atoms with E-state index in [9.17, 15) is 4.21 Å². The molecule has 4 heteroatoms. The lowest BCUT2D eigenvalue weighted by Crippen LogP contribution is -2.00. The van der Waals surface area contributed by atoms with Crippen LogP contribution < -0.4 is 0 Å². The van der Waals surface area contributed by atoms with Crippen LogP contribution in [0.4, 0.5) is 0 Å².